The Morgan fingerprint density at radius 1 is 1.50 bits per heavy atom. The first kappa shape index (κ1) is 12.7. The van der Waals surface area contributed by atoms with Gasteiger partial charge in [-0.25, -0.2) is 0 Å². The van der Waals surface area contributed by atoms with E-state index >= 15 is 0 Å². The van der Waals surface area contributed by atoms with Crippen LogP contribution in [-0.2, 0) is 17.8 Å². The molecule has 0 radical (unpaired) electrons. The van der Waals surface area contributed by atoms with Gasteiger partial charge in [0.1, 0.15) is 0 Å². The van der Waals surface area contributed by atoms with Crippen molar-refractivity contribution < 1.29 is 9.90 Å². The average molecular weight is 224 g/mol. The van der Waals surface area contributed by atoms with Crippen LogP contribution >= 0.6 is 0 Å². The van der Waals surface area contributed by atoms with Crippen molar-refractivity contribution in [3.63, 3.8) is 0 Å². The first-order chi connectivity index (χ1) is 7.47. The molecule has 0 aliphatic carbocycles. The Bertz CT molecular complexity index is 383. The number of aryl methyl sites for hydroxylation is 2. The lowest BCUT2D eigenvalue weighted by molar-refractivity contribution is -0.141. The predicted molar refractivity (Wildman–Crippen MR) is 62.5 cm³/mol. The molecule has 0 bridgehead atoms. The van der Waals surface area contributed by atoms with Crippen molar-refractivity contribution >= 4 is 5.97 Å². The van der Waals surface area contributed by atoms with Crippen LogP contribution in [0.25, 0.3) is 0 Å². The number of aliphatic carboxylic acids is 1. The molecule has 0 spiro atoms. The predicted octanol–water partition coefficient (Wildman–Crippen LogP) is 2.17. The van der Waals surface area contributed by atoms with Gasteiger partial charge in [0.25, 0.3) is 0 Å². The lowest BCUT2D eigenvalue weighted by Crippen LogP contribution is -2.10. The molecule has 1 N–H and O–H groups in total. The zero-order chi connectivity index (χ0) is 12.3. The molecule has 1 atom stereocenters. The molecule has 0 fully saturated rings. The third-order valence-corrected chi connectivity index (χ3v) is 3.08. The minimum absolute atomic E-state index is 0.288. The summed E-state index contributed by atoms with van der Waals surface area (Å²) >= 11 is 0. The zero-order valence-corrected chi connectivity index (χ0v) is 10.4. The molecule has 1 rings (SSSR count). The van der Waals surface area contributed by atoms with E-state index in [1.165, 1.54) is 5.56 Å². The highest BCUT2D eigenvalue weighted by Crippen LogP contribution is 2.17. The Balaban J connectivity index is 2.74. The Kier molecular flexibility index (Phi) is 4.10. The van der Waals surface area contributed by atoms with Gasteiger partial charge in [0.05, 0.1) is 11.6 Å². The normalized spacial score (nSPS) is 12.8. The van der Waals surface area contributed by atoms with Crippen LogP contribution in [0.4, 0.5) is 0 Å². The van der Waals surface area contributed by atoms with E-state index in [1.807, 2.05) is 18.5 Å². The van der Waals surface area contributed by atoms with Crippen molar-refractivity contribution in [3.8, 4) is 0 Å². The first-order valence-electron chi connectivity index (χ1n) is 5.73. The van der Waals surface area contributed by atoms with Gasteiger partial charge in [-0.2, -0.15) is 5.10 Å². The number of carboxylic acids is 1. The van der Waals surface area contributed by atoms with Gasteiger partial charge in [-0.3, -0.25) is 9.48 Å². The molecular weight excluding hydrogens is 204 g/mol. The Hall–Kier alpha value is -1.32. The largest absolute Gasteiger partial charge is 0.481 e. The summed E-state index contributed by atoms with van der Waals surface area (Å²) in [6.45, 7) is 8.70. The number of nitrogens with zero attached hydrogens (tertiary/aromatic N) is 2. The molecule has 1 heterocycles. The Morgan fingerprint density at radius 2 is 2.12 bits per heavy atom. The minimum Gasteiger partial charge on any atom is -0.481 e. The summed E-state index contributed by atoms with van der Waals surface area (Å²) in [5.41, 5.74) is 3.39. The number of carbonyl (C=O) groups is 1. The quantitative estimate of drug-likeness (QED) is 0.834. The van der Waals surface area contributed by atoms with E-state index in [4.69, 9.17) is 5.11 Å². The van der Waals surface area contributed by atoms with E-state index in [1.54, 1.807) is 6.92 Å². The summed E-state index contributed by atoms with van der Waals surface area (Å²) in [6.07, 6.45) is 1.47. The highest BCUT2D eigenvalue weighted by atomic mass is 16.4. The number of carboxylic acid groups (broad SMARTS) is 1. The fourth-order valence-corrected chi connectivity index (χ4v) is 1.89. The first-order valence-corrected chi connectivity index (χ1v) is 5.73. The van der Waals surface area contributed by atoms with E-state index in [-0.39, 0.29) is 5.92 Å². The van der Waals surface area contributed by atoms with E-state index in [9.17, 15) is 4.79 Å². The molecule has 0 aliphatic heterocycles. The van der Waals surface area contributed by atoms with Crippen LogP contribution in [0, 0.1) is 19.8 Å². The third kappa shape index (κ3) is 2.62. The van der Waals surface area contributed by atoms with Crippen LogP contribution in [0.15, 0.2) is 0 Å². The average Bonchev–Trinajstić information content (AvgIpc) is 2.51. The highest BCUT2D eigenvalue weighted by molar-refractivity contribution is 5.69. The van der Waals surface area contributed by atoms with E-state index < -0.39 is 5.97 Å². The van der Waals surface area contributed by atoms with Gasteiger partial charge in [-0.15, -0.1) is 0 Å². The van der Waals surface area contributed by atoms with Crippen molar-refractivity contribution in [2.24, 2.45) is 5.92 Å². The third-order valence-electron chi connectivity index (χ3n) is 3.08. The smallest absolute Gasteiger partial charge is 0.306 e. The molecule has 1 aromatic heterocycles. The molecule has 0 aromatic carbocycles. The van der Waals surface area contributed by atoms with Gasteiger partial charge < -0.3 is 5.11 Å². The number of rotatable bonds is 5. The summed E-state index contributed by atoms with van der Waals surface area (Å²) in [5, 5.41) is 13.2. The van der Waals surface area contributed by atoms with Gasteiger partial charge in [-0.05, 0) is 39.2 Å². The number of aromatic nitrogens is 2. The molecule has 1 unspecified atom stereocenters. The van der Waals surface area contributed by atoms with Crippen LogP contribution in [0.5, 0.6) is 0 Å². The van der Waals surface area contributed by atoms with E-state index in [0.29, 0.717) is 6.42 Å². The topological polar surface area (TPSA) is 55.1 Å². The summed E-state index contributed by atoms with van der Waals surface area (Å²) < 4.78 is 1.97. The molecular formula is C12H20N2O2. The van der Waals surface area contributed by atoms with Gasteiger partial charge >= 0.3 is 5.97 Å². The second-order valence-electron chi connectivity index (χ2n) is 4.24. The van der Waals surface area contributed by atoms with Gasteiger partial charge in [0, 0.05) is 12.2 Å². The molecule has 0 aliphatic rings. The fraction of sp³-hybridized carbons (Fsp3) is 0.667. The Morgan fingerprint density at radius 3 is 2.56 bits per heavy atom. The summed E-state index contributed by atoms with van der Waals surface area (Å²) in [5.74, 6) is -1.01. The molecule has 90 valence electrons. The van der Waals surface area contributed by atoms with Crippen LogP contribution in [-0.4, -0.2) is 20.9 Å². The molecule has 4 heteroatoms. The number of hydrogen-bond donors (Lipinski definition) is 1. The molecule has 0 saturated heterocycles. The monoisotopic (exact) mass is 224 g/mol. The van der Waals surface area contributed by atoms with Crippen molar-refractivity contribution in [1.82, 2.24) is 9.78 Å². The SMILES string of the molecule is CCn1nc(C)c(CCC(C)C(=O)O)c1C. The second kappa shape index (κ2) is 5.14. The number of hydrogen-bond acceptors (Lipinski definition) is 2. The van der Waals surface area contributed by atoms with Crippen LogP contribution in [0.3, 0.4) is 0 Å². The Labute approximate surface area is 96.3 Å². The summed E-state index contributed by atoms with van der Waals surface area (Å²) in [7, 11) is 0. The maximum atomic E-state index is 10.7. The maximum absolute atomic E-state index is 10.7. The van der Waals surface area contributed by atoms with E-state index in [0.717, 1.165) is 24.4 Å². The van der Waals surface area contributed by atoms with Gasteiger partial charge in [0.15, 0.2) is 0 Å². The van der Waals surface area contributed by atoms with Crippen LogP contribution in [0.1, 0.15) is 37.2 Å². The molecule has 1 aromatic rings. The lowest BCUT2D eigenvalue weighted by Gasteiger charge is -2.06. The second-order valence-corrected chi connectivity index (χ2v) is 4.24. The van der Waals surface area contributed by atoms with Crippen molar-refractivity contribution in [2.75, 3.05) is 0 Å². The van der Waals surface area contributed by atoms with Crippen LogP contribution < -0.4 is 0 Å². The minimum atomic E-state index is -0.724. The molecule has 4 nitrogen and oxygen atoms in total. The fourth-order valence-electron chi connectivity index (χ4n) is 1.89. The van der Waals surface area contributed by atoms with Gasteiger partial charge in [0.2, 0.25) is 0 Å². The van der Waals surface area contributed by atoms with Crippen LogP contribution in [0.2, 0.25) is 0 Å². The van der Waals surface area contributed by atoms with E-state index in [2.05, 4.69) is 12.0 Å². The summed E-state index contributed by atoms with van der Waals surface area (Å²) in [6, 6.07) is 0. The lowest BCUT2D eigenvalue weighted by atomic mass is 10.0. The van der Waals surface area contributed by atoms with Crippen molar-refractivity contribution in [1.29, 1.82) is 0 Å². The molecule has 0 saturated carbocycles. The zero-order valence-electron chi connectivity index (χ0n) is 10.4. The molecule has 16 heavy (non-hydrogen) atoms. The molecule has 0 amide bonds. The maximum Gasteiger partial charge on any atom is 0.306 e. The van der Waals surface area contributed by atoms with Crippen molar-refractivity contribution in [3.05, 3.63) is 17.0 Å². The summed E-state index contributed by atoms with van der Waals surface area (Å²) in [4.78, 5) is 10.7. The highest BCUT2D eigenvalue weighted by Gasteiger charge is 2.15. The van der Waals surface area contributed by atoms with Crippen molar-refractivity contribution in [2.45, 2.75) is 47.1 Å². The van der Waals surface area contributed by atoms with Gasteiger partial charge in [-0.1, -0.05) is 6.92 Å². The standard InChI is InChI=1S/C12H20N2O2/c1-5-14-10(4)11(9(3)13-14)7-6-8(2)12(15)16/h8H,5-7H2,1-4H3,(H,15,16).